The molecule has 24 heavy (non-hydrogen) atoms. The Balaban J connectivity index is 2.14. The van der Waals surface area contributed by atoms with Crippen molar-refractivity contribution in [3.63, 3.8) is 0 Å². The third-order valence-electron chi connectivity index (χ3n) is 4.39. The number of rotatable bonds is 7. The molecule has 2 unspecified atom stereocenters. The third-order valence-corrected chi connectivity index (χ3v) is 4.39. The molecule has 1 aromatic carbocycles. The molecular formula is C17H25F3N2O2. The predicted octanol–water partition coefficient (Wildman–Crippen LogP) is 2.74. The van der Waals surface area contributed by atoms with E-state index in [1.54, 1.807) is 12.1 Å². The molecule has 0 aromatic heterocycles. The number of ether oxygens (including phenoxy) is 1. The normalized spacial score (nSPS) is 19.0. The van der Waals surface area contributed by atoms with Crippen molar-refractivity contribution in [2.75, 3.05) is 32.7 Å². The molecule has 7 heteroatoms. The maximum Gasteiger partial charge on any atom is 0.573 e. The Labute approximate surface area is 140 Å². The summed E-state index contributed by atoms with van der Waals surface area (Å²) in [6, 6.07) is 6.11. The molecule has 2 atom stereocenters. The Bertz CT molecular complexity index is 505. The van der Waals surface area contributed by atoms with Crippen LogP contribution in [0.25, 0.3) is 0 Å². The van der Waals surface area contributed by atoms with Crippen molar-refractivity contribution in [1.82, 2.24) is 10.2 Å². The molecule has 1 aromatic rings. The molecule has 0 bridgehead atoms. The van der Waals surface area contributed by atoms with Crippen molar-refractivity contribution in [2.45, 2.75) is 38.1 Å². The van der Waals surface area contributed by atoms with Gasteiger partial charge in [0.1, 0.15) is 5.75 Å². The second-order valence-corrected chi connectivity index (χ2v) is 6.05. The zero-order chi connectivity index (χ0) is 17.6. The first-order chi connectivity index (χ1) is 11.4. The van der Waals surface area contributed by atoms with E-state index in [1.165, 1.54) is 12.1 Å². The minimum atomic E-state index is -4.74. The van der Waals surface area contributed by atoms with Gasteiger partial charge >= 0.3 is 6.36 Å². The summed E-state index contributed by atoms with van der Waals surface area (Å²) in [7, 11) is 0. The van der Waals surface area contributed by atoms with Gasteiger partial charge in [-0.15, -0.1) is 13.2 Å². The van der Waals surface area contributed by atoms with Gasteiger partial charge in [-0.25, -0.2) is 0 Å². The van der Waals surface area contributed by atoms with E-state index >= 15 is 0 Å². The molecule has 1 heterocycles. The van der Waals surface area contributed by atoms with Crippen molar-refractivity contribution in [1.29, 1.82) is 0 Å². The molecule has 4 nitrogen and oxygen atoms in total. The molecule has 0 saturated carbocycles. The molecule has 2 rings (SSSR count). The van der Waals surface area contributed by atoms with E-state index in [4.69, 9.17) is 0 Å². The molecule has 1 saturated heterocycles. The lowest BCUT2D eigenvalue weighted by atomic mass is 9.88. The van der Waals surface area contributed by atoms with E-state index in [2.05, 4.69) is 15.0 Å². The molecule has 136 valence electrons. The highest BCUT2D eigenvalue weighted by Gasteiger charge is 2.34. The molecule has 2 N–H and O–H groups in total. The van der Waals surface area contributed by atoms with Gasteiger partial charge in [-0.1, -0.05) is 25.1 Å². The fourth-order valence-electron chi connectivity index (χ4n) is 3.10. The number of hydrogen-bond acceptors (Lipinski definition) is 4. The number of alkyl halides is 3. The monoisotopic (exact) mass is 346 g/mol. The van der Waals surface area contributed by atoms with Gasteiger partial charge in [0.25, 0.3) is 0 Å². The second-order valence-electron chi connectivity index (χ2n) is 6.05. The van der Waals surface area contributed by atoms with Crippen LogP contribution < -0.4 is 10.1 Å². The van der Waals surface area contributed by atoms with Gasteiger partial charge in [-0.2, -0.15) is 0 Å². The Kier molecular flexibility index (Phi) is 6.89. The first-order valence-corrected chi connectivity index (χ1v) is 8.36. The topological polar surface area (TPSA) is 44.7 Å². The number of para-hydroxylation sites is 1. The summed E-state index contributed by atoms with van der Waals surface area (Å²) >= 11 is 0. The van der Waals surface area contributed by atoms with Crippen molar-refractivity contribution < 1.29 is 23.0 Å². The number of nitrogens with zero attached hydrogens (tertiary/aromatic N) is 1. The largest absolute Gasteiger partial charge is 0.573 e. The van der Waals surface area contributed by atoms with E-state index in [9.17, 15) is 18.3 Å². The standard InChI is InChI=1S/C17H25F3N2O2/c1-2-15(23)13(7-10-22-11-8-21-9-12-22)14-5-3-4-6-16(14)24-17(18,19)20/h3-6,13,15,21,23H,2,7-12H2,1H3. The third kappa shape index (κ3) is 5.65. The van der Waals surface area contributed by atoms with Crippen molar-refractivity contribution in [2.24, 2.45) is 0 Å². The lowest BCUT2D eigenvalue weighted by molar-refractivity contribution is -0.275. The van der Waals surface area contributed by atoms with E-state index < -0.39 is 12.5 Å². The molecule has 1 aliphatic rings. The van der Waals surface area contributed by atoms with Gasteiger partial charge in [-0.3, -0.25) is 0 Å². The fraction of sp³-hybridized carbons (Fsp3) is 0.647. The van der Waals surface area contributed by atoms with Gasteiger partial charge in [0.05, 0.1) is 6.10 Å². The van der Waals surface area contributed by atoms with Crippen molar-refractivity contribution >= 4 is 0 Å². The smallest absolute Gasteiger partial charge is 0.405 e. The van der Waals surface area contributed by atoms with Gasteiger partial charge in [0, 0.05) is 37.7 Å². The van der Waals surface area contributed by atoms with Crippen molar-refractivity contribution in [3.05, 3.63) is 29.8 Å². The van der Waals surface area contributed by atoms with Crippen LogP contribution in [0.1, 0.15) is 31.2 Å². The molecule has 1 fully saturated rings. The van der Waals surface area contributed by atoms with Crippen LogP contribution in [0, 0.1) is 0 Å². The van der Waals surface area contributed by atoms with Crippen LogP contribution >= 0.6 is 0 Å². The highest BCUT2D eigenvalue weighted by atomic mass is 19.4. The van der Waals surface area contributed by atoms with Crippen LogP contribution in [0.2, 0.25) is 0 Å². The summed E-state index contributed by atoms with van der Waals surface area (Å²) in [5.74, 6) is -0.605. The molecule has 0 radical (unpaired) electrons. The maximum atomic E-state index is 12.6. The summed E-state index contributed by atoms with van der Waals surface area (Å²) in [6.07, 6.45) is -4.37. The van der Waals surface area contributed by atoms with Crippen LogP contribution in [0.3, 0.4) is 0 Å². The van der Waals surface area contributed by atoms with E-state index in [1.807, 2.05) is 6.92 Å². The first-order valence-electron chi connectivity index (χ1n) is 8.36. The summed E-state index contributed by atoms with van der Waals surface area (Å²) in [5.41, 5.74) is 0.416. The Morgan fingerprint density at radius 2 is 1.92 bits per heavy atom. The van der Waals surface area contributed by atoms with Crippen LogP contribution in [-0.4, -0.2) is 55.2 Å². The Hall–Kier alpha value is -1.31. The van der Waals surface area contributed by atoms with Crippen LogP contribution in [0.15, 0.2) is 24.3 Å². The predicted molar refractivity (Wildman–Crippen MR) is 86.1 cm³/mol. The highest BCUT2D eigenvalue weighted by molar-refractivity contribution is 5.37. The van der Waals surface area contributed by atoms with Gasteiger partial charge < -0.3 is 20.1 Å². The van der Waals surface area contributed by atoms with Gasteiger partial charge in [0.2, 0.25) is 0 Å². The maximum absolute atomic E-state index is 12.6. The second kappa shape index (κ2) is 8.69. The average Bonchev–Trinajstić information content (AvgIpc) is 2.55. The average molecular weight is 346 g/mol. The van der Waals surface area contributed by atoms with E-state index in [-0.39, 0.29) is 11.7 Å². The minimum Gasteiger partial charge on any atom is -0.405 e. The van der Waals surface area contributed by atoms with Gasteiger partial charge in [0.15, 0.2) is 0 Å². The number of aliphatic hydroxyl groups excluding tert-OH is 1. The van der Waals surface area contributed by atoms with Crippen molar-refractivity contribution in [3.8, 4) is 5.75 Å². The molecule has 1 aliphatic heterocycles. The molecular weight excluding hydrogens is 321 g/mol. The number of hydrogen-bond donors (Lipinski definition) is 2. The Morgan fingerprint density at radius 1 is 1.25 bits per heavy atom. The number of piperazine rings is 1. The van der Waals surface area contributed by atoms with Crippen LogP contribution in [-0.2, 0) is 0 Å². The quantitative estimate of drug-likeness (QED) is 0.797. The van der Waals surface area contributed by atoms with Gasteiger partial charge in [-0.05, 0) is 25.5 Å². The summed E-state index contributed by atoms with van der Waals surface area (Å²) in [5, 5.41) is 13.6. The number of halogens is 3. The fourth-order valence-corrected chi connectivity index (χ4v) is 3.10. The zero-order valence-corrected chi connectivity index (χ0v) is 13.9. The molecule has 0 amide bonds. The number of aliphatic hydroxyl groups is 1. The highest BCUT2D eigenvalue weighted by Crippen LogP contribution is 2.35. The van der Waals surface area contributed by atoms with E-state index in [0.29, 0.717) is 18.4 Å². The van der Waals surface area contributed by atoms with Crippen LogP contribution in [0.4, 0.5) is 13.2 Å². The minimum absolute atomic E-state index is 0.220. The number of benzene rings is 1. The lowest BCUT2D eigenvalue weighted by Crippen LogP contribution is -2.44. The molecule has 0 aliphatic carbocycles. The summed E-state index contributed by atoms with van der Waals surface area (Å²) in [6.45, 7) is 6.22. The SMILES string of the molecule is CCC(O)C(CCN1CCNCC1)c1ccccc1OC(F)(F)F. The van der Waals surface area contributed by atoms with Crippen LogP contribution in [0.5, 0.6) is 5.75 Å². The zero-order valence-electron chi connectivity index (χ0n) is 13.9. The Morgan fingerprint density at radius 3 is 2.54 bits per heavy atom. The lowest BCUT2D eigenvalue weighted by Gasteiger charge is -2.31. The number of nitrogens with one attached hydrogen (secondary N) is 1. The molecule has 0 spiro atoms. The first kappa shape index (κ1) is 19.0. The summed E-state index contributed by atoms with van der Waals surface area (Å²) < 4.78 is 42.1. The van der Waals surface area contributed by atoms with E-state index in [0.717, 1.165) is 32.7 Å². The summed E-state index contributed by atoms with van der Waals surface area (Å²) in [4.78, 5) is 2.26.